The minimum Gasteiger partial charge on any atom is -0.478 e. The van der Waals surface area contributed by atoms with Crippen LogP contribution in [0.3, 0.4) is 0 Å². The summed E-state index contributed by atoms with van der Waals surface area (Å²) in [6, 6.07) is 10.5. The molecule has 6 heteroatoms. The van der Waals surface area contributed by atoms with Gasteiger partial charge >= 0.3 is 5.97 Å². The van der Waals surface area contributed by atoms with E-state index >= 15 is 0 Å². The molecule has 20 heavy (non-hydrogen) atoms. The largest absolute Gasteiger partial charge is 0.478 e. The van der Waals surface area contributed by atoms with Crippen LogP contribution in [0.15, 0.2) is 42.5 Å². The fourth-order valence-corrected chi connectivity index (χ4v) is 1.81. The van der Waals surface area contributed by atoms with E-state index in [1.165, 1.54) is 30.3 Å². The van der Waals surface area contributed by atoms with E-state index in [0.29, 0.717) is 17.1 Å². The summed E-state index contributed by atoms with van der Waals surface area (Å²) in [6.07, 6.45) is 0. The molecule has 2 aromatic rings. The molecule has 0 unspecified atom stereocenters. The molecule has 0 aliphatic rings. The van der Waals surface area contributed by atoms with Gasteiger partial charge in [-0.05, 0) is 36.4 Å². The van der Waals surface area contributed by atoms with Gasteiger partial charge in [-0.15, -0.1) is 0 Å². The molecular weight excluding hydrogens is 282 g/mol. The summed E-state index contributed by atoms with van der Waals surface area (Å²) in [5.74, 6) is -0.751. The number of hydrogen-bond donors (Lipinski definition) is 2. The highest BCUT2D eigenvalue weighted by atomic mass is 35.5. The zero-order chi connectivity index (χ0) is 14.7. The maximum absolute atomic E-state index is 10.9. The summed E-state index contributed by atoms with van der Waals surface area (Å²) >= 11 is 5.84. The van der Waals surface area contributed by atoms with Crippen LogP contribution in [0.5, 0.6) is 11.5 Å². The molecule has 0 atom stereocenters. The van der Waals surface area contributed by atoms with Gasteiger partial charge in [0.1, 0.15) is 11.5 Å². The number of carboxylic acid groups (broad SMARTS) is 1. The van der Waals surface area contributed by atoms with Gasteiger partial charge in [-0.1, -0.05) is 11.6 Å². The van der Waals surface area contributed by atoms with Crippen molar-refractivity contribution in [3.05, 3.63) is 58.6 Å². The Kier molecular flexibility index (Phi) is 3.91. The molecule has 0 aromatic heterocycles. The molecular formula is C14H10ClNO4. The fraction of sp³-hybridized carbons (Fsp3) is 0. The van der Waals surface area contributed by atoms with Gasteiger partial charge in [0.2, 0.25) is 5.91 Å². The van der Waals surface area contributed by atoms with Crippen LogP contribution >= 0.6 is 11.6 Å². The molecule has 1 amide bonds. The van der Waals surface area contributed by atoms with Crippen LogP contribution in [0.2, 0.25) is 5.02 Å². The Bertz CT molecular complexity index is 667. The standard InChI is InChI=1S/C14H10ClNO4/c15-12-7-10(5-6-11(12)14(18)19)20-9-3-1-8(2-4-9)13(16)17/h1-7H,(H2,16,17)(H,18,19). The first-order valence-electron chi connectivity index (χ1n) is 5.58. The summed E-state index contributed by atoms with van der Waals surface area (Å²) < 4.78 is 5.50. The van der Waals surface area contributed by atoms with Crippen LogP contribution in [0.1, 0.15) is 20.7 Å². The molecule has 2 aromatic carbocycles. The second-order valence-corrected chi connectivity index (χ2v) is 4.34. The van der Waals surface area contributed by atoms with E-state index in [9.17, 15) is 9.59 Å². The minimum absolute atomic E-state index is 0.00286. The van der Waals surface area contributed by atoms with Gasteiger partial charge in [0.25, 0.3) is 0 Å². The predicted octanol–water partition coefficient (Wildman–Crippen LogP) is 2.93. The van der Waals surface area contributed by atoms with Crippen LogP contribution in [-0.2, 0) is 0 Å². The summed E-state index contributed by atoms with van der Waals surface area (Å²) in [7, 11) is 0. The van der Waals surface area contributed by atoms with Gasteiger partial charge < -0.3 is 15.6 Å². The van der Waals surface area contributed by atoms with E-state index in [0.717, 1.165) is 0 Å². The molecule has 3 N–H and O–H groups in total. The van der Waals surface area contributed by atoms with Gasteiger partial charge in [-0.2, -0.15) is 0 Å². The third-order valence-corrected chi connectivity index (χ3v) is 2.86. The van der Waals surface area contributed by atoms with Crippen LogP contribution in [0, 0.1) is 0 Å². The van der Waals surface area contributed by atoms with Gasteiger partial charge in [0.05, 0.1) is 10.6 Å². The summed E-state index contributed by atoms with van der Waals surface area (Å²) in [5.41, 5.74) is 5.50. The first kappa shape index (κ1) is 13.9. The first-order valence-corrected chi connectivity index (χ1v) is 5.96. The van der Waals surface area contributed by atoms with Gasteiger partial charge in [-0.3, -0.25) is 4.79 Å². The zero-order valence-corrected chi connectivity index (χ0v) is 10.9. The maximum atomic E-state index is 10.9. The Hall–Kier alpha value is -2.53. The molecule has 0 aliphatic carbocycles. The lowest BCUT2D eigenvalue weighted by atomic mass is 10.2. The van der Waals surface area contributed by atoms with Crippen molar-refractivity contribution in [1.82, 2.24) is 0 Å². The maximum Gasteiger partial charge on any atom is 0.337 e. The molecule has 0 saturated heterocycles. The monoisotopic (exact) mass is 291 g/mol. The van der Waals surface area contributed by atoms with E-state index in [1.54, 1.807) is 12.1 Å². The number of carbonyl (C=O) groups is 2. The molecule has 5 nitrogen and oxygen atoms in total. The Balaban J connectivity index is 2.19. The van der Waals surface area contributed by atoms with Crippen molar-refractivity contribution < 1.29 is 19.4 Å². The zero-order valence-electron chi connectivity index (χ0n) is 10.2. The highest BCUT2D eigenvalue weighted by molar-refractivity contribution is 6.33. The number of carbonyl (C=O) groups excluding carboxylic acids is 1. The van der Waals surface area contributed by atoms with Gasteiger partial charge in [-0.25, -0.2) is 4.79 Å². The van der Waals surface area contributed by atoms with Crippen LogP contribution in [-0.4, -0.2) is 17.0 Å². The lowest BCUT2D eigenvalue weighted by Crippen LogP contribution is -2.10. The van der Waals surface area contributed by atoms with E-state index in [1.807, 2.05) is 0 Å². The van der Waals surface area contributed by atoms with Gasteiger partial charge in [0, 0.05) is 11.6 Å². The molecule has 2 rings (SSSR count). The topological polar surface area (TPSA) is 89.6 Å². The number of carboxylic acids is 1. The molecule has 0 bridgehead atoms. The third-order valence-electron chi connectivity index (χ3n) is 2.55. The molecule has 0 spiro atoms. The van der Waals surface area contributed by atoms with E-state index in [-0.39, 0.29) is 10.6 Å². The second kappa shape index (κ2) is 5.63. The van der Waals surface area contributed by atoms with Crippen molar-refractivity contribution >= 4 is 23.5 Å². The number of rotatable bonds is 4. The van der Waals surface area contributed by atoms with Gasteiger partial charge in [0.15, 0.2) is 0 Å². The summed E-state index contributed by atoms with van der Waals surface area (Å²) in [6.45, 7) is 0. The first-order chi connectivity index (χ1) is 9.47. The van der Waals surface area contributed by atoms with Crippen molar-refractivity contribution in [2.75, 3.05) is 0 Å². The molecule has 0 saturated carbocycles. The number of primary amides is 1. The fourth-order valence-electron chi connectivity index (χ4n) is 1.56. The number of aromatic carboxylic acids is 1. The van der Waals surface area contributed by atoms with Crippen molar-refractivity contribution in [2.24, 2.45) is 5.73 Å². The average Bonchev–Trinajstić information content (AvgIpc) is 2.39. The number of amides is 1. The minimum atomic E-state index is -1.10. The summed E-state index contributed by atoms with van der Waals surface area (Å²) in [5, 5.41) is 8.95. The lowest BCUT2D eigenvalue weighted by Gasteiger charge is -2.07. The average molecular weight is 292 g/mol. The van der Waals surface area contributed by atoms with Crippen LogP contribution in [0.25, 0.3) is 0 Å². The van der Waals surface area contributed by atoms with Crippen LogP contribution in [0.4, 0.5) is 0 Å². The Labute approximate surface area is 119 Å². The second-order valence-electron chi connectivity index (χ2n) is 3.94. The predicted molar refractivity (Wildman–Crippen MR) is 73.4 cm³/mol. The SMILES string of the molecule is NC(=O)c1ccc(Oc2ccc(C(=O)O)c(Cl)c2)cc1. The highest BCUT2D eigenvalue weighted by Crippen LogP contribution is 2.27. The Morgan fingerprint density at radius 3 is 2.15 bits per heavy atom. The molecule has 0 fully saturated rings. The quantitative estimate of drug-likeness (QED) is 0.906. The molecule has 0 radical (unpaired) electrons. The number of ether oxygens (including phenoxy) is 1. The Morgan fingerprint density at radius 2 is 1.65 bits per heavy atom. The summed E-state index contributed by atoms with van der Waals surface area (Å²) in [4.78, 5) is 21.7. The lowest BCUT2D eigenvalue weighted by molar-refractivity contribution is 0.0697. The smallest absolute Gasteiger partial charge is 0.337 e. The molecule has 0 aliphatic heterocycles. The molecule has 0 heterocycles. The molecule has 102 valence electrons. The normalized spacial score (nSPS) is 10.1. The number of nitrogens with two attached hydrogens (primary N) is 1. The highest BCUT2D eigenvalue weighted by Gasteiger charge is 2.10. The number of benzene rings is 2. The van der Waals surface area contributed by atoms with Crippen molar-refractivity contribution in [3.8, 4) is 11.5 Å². The number of hydrogen-bond acceptors (Lipinski definition) is 3. The van der Waals surface area contributed by atoms with E-state index in [2.05, 4.69) is 0 Å². The van der Waals surface area contributed by atoms with Crippen molar-refractivity contribution in [2.45, 2.75) is 0 Å². The van der Waals surface area contributed by atoms with Crippen molar-refractivity contribution in [3.63, 3.8) is 0 Å². The number of halogens is 1. The van der Waals surface area contributed by atoms with Crippen molar-refractivity contribution in [1.29, 1.82) is 0 Å². The van der Waals surface area contributed by atoms with E-state index < -0.39 is 11.9 Å². The third kappa shape index (κ3) is 3.07. The van der Waals surface area contributed by atoms with Crippen LogP contribution < -0.4 is 10.5 Å². The Morgan fingerprint density at radius 1 is 1.05 bits per heavy atom. The van der Waals surface area contributed by atoms with E-state index in [4.69, 9.17) is 27.2 Å².